The molecule has 0 unspecified atom stereocenters. The molecule has 1 aliphatic carbocycles. The molecule has 0 bridgehead atoms. The van der Waals surface area contributed by atoms with E-state index in [1.54, 1.807) is 0 Å². The van der Waals surface area contributed by atoms with Crippen LogP contribution in [0.1, 0.15) is 24.1 Å². The lowest BCUT2D eigenvalue weighted by Crippen LogP contribution is -2.17. The Balaban J connectivity index is 1.64. The van der Waals surface area contributed by atoms with Gasteiger partial charge in [0.1, 0.15) is 0 Å². The van der Waals surface area contributed by atoms with Gasteiger partial charge in [-0.05, 0) is 59.6 Å². The van der Waals surface area contributed by atoms with Crippen molar-refractivity contribution in [3.8, 4) is 0 Å². The van der Waals surface area contributed by atoms with Crippen LogP contribution in [0.4, 0.5) is 0 Å². The van der Waals surface area contributed by atoms with Crippen LogP contribution in [0.25, 0.3) is 0 Å². The SMILES string of the molecule is Brc1ccsc1CCCNC1CC1. The quantitative estimate of drug-likeness (QED) is 0.802. The van der Waals surface area contributed by atoms with E-state index in [1.165, 1.54) is 41.6 Å². The van der Waals surface area contributed by atoms with Crippen molar-refractivity contribution in [2.75, 3.05) is 6.54 Å². The van der Waals surface area contributed by atoms with Gasteiger partial charge in [0.05, 0.1) is 0 Å². The molecule has 0 saturated heterocycles. The fourth-order valence-corrected chi connectivity index (χ4v) is 2.94. The molecule has 0 radical (unpaired) electrons. The Hall–Kier alpha value is 0.140. The van der Waals surface area contributed by atoms with E-state index in [0.29, 0.717) is 0 Å². The lowest BCUT2D eigenvalue weighted by Gasteiger charge is -2.01. The maximum atomic E-state index is 3.55. The molecule has 0 atom stereocenters. The second kappa shape index (κ2) is 4.58. The fraction of sp³-hybridized carbons (Fsp3) is 0.600. The minimum absolute atomic E-state index is 0.853. The molecular weight excluding hydrogens is 246 g/mol. The van der Waals surface area contributed by atoms with Gasteiger partial charge in [-0.2, -0.15) is 0 Å². The van der Waals surface area contributed by atoms with Gasteiger partial charge in [0.2, 0.25) is 0 Å². The third-order valence-electron chi connectivity index (χ3n) is 2.28. The molecule has 1 saturated carbocycles. The Morgan fingerprint density at radius 1 is 1.54 bits per heavy atom. The van der Waals surface area contributed by atoms with Crippen LogP contribution in [0.3, 0.4) is 0 Å². The zero-order chi connectivity index (χ0) is 9.10. The first-order chi connectivity index (χ1) is 6.36. The lowest BCUT2D eigenvalue weighted by molar-refractivity contribution is 0.647. The molecule has 1 aliphatic rings. The molecule has 1 N–H and O–H groups in total. The van der Waals surface area contributed by atoms with Crippen LogP contribution < -0.4 is 5.32 Å². The first-order valence-corrected chi connectivity index (χ1v) is 6.49. The Kier molecular flexibility index (Phi) is 3.41. The molecular formula is C10H14BrNS. The van der Waals surface area contributed by atoms with Gasteiger partial charge in [0.15, 0.2) is 0 Å². The molecule has 1 aromatic rings. The molecule has 1 heterocycles. The molecule has 0 spiro atoms. The second-order valence-electron chi connectivity index (χ2n) is 3.52. The molecule has 1 fully saturated rings. The van der Waals surface area contributed by atoms with Gasteiger partial charge in [-0.3, -0.25) is 0 Å². The van der Waals surface area contributed by atoms with Gasteiger partial charge in [-0.1, -0.05) is 0 Å². The Labute approximate surface area is 91.7 Å². The van der Waals surface area contributed by atoms with Crippen molar-refractivity contribution in [2.24, 2.45) is 0 Å². The van der Waals surface area contributed by atoms with Gasteiger partial charge in [0.25, 0.3) is 0 Å². The van der Waals surface area contributed by atoms with Crippen LogP contribution in [0.15, 0.2) is 15.9 Å². The third kappa shape index (κ3) is 3.08. The maximum Gasteiger partial charge on any atom is 0.0314 e. The zero-order valence-electron chi connectivity index (χ0n) is 7.55. The van der Waals surface area contributed by atoms with E-state index >= 15 is 0 Å². The molecule has 2 rings (SSSR count). The second-order valence-corrected chi connectivity index (χ2v) is 5.38. The number of hydrogen-bond acceptors (Lipinski definition) is 2. The summed E-state index contributed by atoms with van der Waals surface area (Å²) in [5.74, 6) is 0. The fourth-order valence-electron chi connectivity index (χ4n) is 1.35. The van der Waals surface area contributed by atoms with Crippen molar-refractivity contribution in [3.63, 3.8) is 0 Å². The van der Waals surface area contributed by atoms with Gasteiger partial charge >= 0.3 is 0 Å². The van der Waals surface area contributed by atoms with Crippen LogP contribution in [-0.2, 0) is 6.42 Å². The zero-order valence-corrected chi connectivity index (χ0v) is 9.96. The summed E-state index contributed by atoms with van der Waals surface area (Å²) < 4.78 is 1.28. The summed E-state index contributed by atoms with van der Waals surface area (Å²) in [6.45, 7) is 1.18. The first kappa shape index (κ1) is 9.69. The smallest absolute Gasteiger partial charge is 0.0314 e. The standard InChI is InChI=1S/C10H14BrNS/c11-9-5-7-13-10(9)2-1-6-12-8-3-4-8/h5,7-8,12H,1-4,6H2. The summed E-state index contributed by atoms with van der Waals surface area (Å²) in [5, 5.41) is 5.67. The number of thiophene rings is 1. The Morgan fingerprint density at radius 3 is 3.00 bits per heavy atom. The van der Waals surface area contributed by atoms with Crippen molar-refractivity contribution < 1.29 is 0 Å². The van der Waals surface area contributed by atoms with Crippen molar-refractivity contribution in [3.05, 3.63) is 20.8 Å². The van der Waals surface area contributed by atoms with Crippen molar-refractivity contribution in [2.45, 2.75) is 31.7 Å². The highest BCUT2D eigenvalue weighted by molar-refractivity contribution is 9.10. The first-order valence-electron chi connectivity index (χ1n) is 4.81. The summed E-state index contributed by atoms with van der Waals surface area (Å²) in [7, 11) is 0. The number of hydrogen-bond donors (Lipinski definition) is 1. The van der Waals surface area contributed by atoms with Gasteiger partial charge in [-0.15, -0.1) is 11.3 Å². The number of halogens is 1. The van der Waals surface area contributed by atoms with E-state index in [2.05, 4.69) is 32.7 Å². The van der Waals surface area contributed by atoms with Crippen LogP contribution >= 0.6 is 27.3 Å². The highest BCUT2D eigenvalue weighted by atomic mass is 79.9. The van der Waals surface area contributed by atoms with Crippen molar-refractivity contribution in [1.82, 2.24) is 5.32 Å². The maximum absolute atomic E-state index is 3.55. The molecule has 72 valence electrons. The minimum atomic E-state index is 0.853. The van der Waals surface area contributed by atoms with E-state index in [4.69, 9.17) is 0 Å². The summed E-state index contributed by atoms with van der Waals surface area (Å²) in [6.07, 6.45) is 5.25. The third-order valence-corrected chi connectivity index (χ3v) is 4.27. The lowest BCUT2D eigenvalue weighted by atomic mass is 10.2. The largest absolute Gasteiger partial charge is 0.314 e. The molecule has 0 aliphatic heterocycles. The summed E-state index contributed by atoms with van der Waals surface area (Å²) in [4.78, 5) is 1.48. The number of nitrogens with one attached hydrogen (secondary N) is 1. The number of rotatable bonds is 5. The molecule has 0 amide bonds. The van der Waals surface area contributed by atoms with E-state index < -0.39 is 0 Å². The monoisotopic (exact) mass is 259 g/mol. The average molecular weight is 260 g/mol. The van der Waals surface area contributed by atoms with Crippen molar-refractivity contribution in [1.29, 1.82) is 0 Å². The van der Waals surface area contributed by atoms with E-state index in [-0.39, 0.29) is 0 Å². The van der Waals surface area contributed by atoms with E-state index in [9.17, 15) is 0 Å². The number of aryl methyl sites for hydroxylation is 1. The summed E-state index contributed by atoms with van der Waals surface area (Å²) in [5.41, 5.74) is 0. The van der Waals surface area contributed by atoms with Crippen LogP contribution in [0.5, 0.6) is 0 Å². The Bertz CT molecular complexity index is 268. The highest BCUT2D eigenvalue weighted by Crippen LogP contribution is 2.24. The van der Waals surface area contributed by atoms with Gasteiger partial charge < -0.3 is 5.32 Å². The van der Waals surface area contributed by atoms with Gasteiger partial charge in [0, 0.05) is 15.4 Å². The summed E-state index contributed by atoms with van der Waals surface area (Å²) in [6, 6.07) is 2.99. The van der Waals surface area contributed by atoms with E-state index in [1.807, 2.05) is 11.3 Å². The van der Waals surface area contributed by atoms with Crippen LogP contribution in [0.2, 0.25) is 0 Å². The predicted molar refractivity (Wildman–Crippen MR) is 61.4 cm³/mol. The molecule has 13 heavy (non-hydrogen) atoms. The topological polar surface area (TPSA) is 12.0 Å². The molecule has 1 aromatic heterocycles. The van der Waals surface area contributed by atoms with Crippen LogP contribution in [0, 0.1) is 0 Å². The van der Waals surface area contributed by atoms with E-state index in [0.717, 1.165) is 6.04 Å². The van der Waals surface area contributed by atoms with Gasteiger partial charge in [-0.25, -0.2) is 0 Å². The Morgan fingerprint density at radius 2 is 2.38 bits per heavy atom. The molecule has 1 nitrogen and oxygen atoms in total. The molecule has 3 heteroatoms. The molecule has 0 aromatic carbocycles. The minimum Gasteiger partial charge on any atom is -0.314 e. The normalized spacial score (nSPS) is 16.4. The predicted octanol–water partition coefficient (Wildman–Crippen LogP) is 3.20. The average Bonchev–Trinajstić information content (AvgIpc) is 2.86. The van der Waals surface area contributed by atoms with Crippen LogP contribution in [-0.4, -0.2) is 12.6 Å². The summed E-state index contributed by atoms with van der Waals surface area (Å²) >= 11 is 5.40. The highest BCUT2D eigenvalue weighted by Gasteiger charge is 2.19. The van der Waals surface area contributed by atoms with Crippen molar-refractivity contribution >= 4 is 27.3 Å².